The number of ether oxygens (including phenoxy) is 1. The number of para-hydroxylation sites is 1. The first kappa shape index (κ1) is 19.2. The molecule has 6 nitrogen and oxygen atoms in total. The van der Waals surface area contributed by atoms with E-state index in [1.54, 1.807) is 7.05 Å². The van der Waals surface area contributed by atoms with Crippen molar-refractivity contribution in [1.82, 2.24) is 10.6 Å². The van der Waals surface area contributed by atoms with Crippen LogP contribution in [-0.2, 0) is 16.0 Å². The molecule has 1 amide bonds. The third kappa shape index (κ3) is 6.05. The van der Waals surface area contributed by atoms with E-state index in [-0.39, 0.29) is 12.5 Å². The monoisotopic (exact) mass is 346 g/mol. The van der Waals surface area contributed by atoms with E-state index in [9.17, 15) is 4.79 Å². The summed E-state index contributed by atoms with van der Waals surface area (Å²) in [6.07, 6.45) is 1.99. The smallest absolute Gasteiger partial charge is 0.246 e. The van der Waals surface area contributed by atoms with Gasteiger partial charge in [-0.1, -0.05) is 32.0 Å². The molecule has 6 heteroatoms. The maximum Gasteiger partial charge on any atom is 0.246 e. The summed E-state index contributed by atoms with van der Waals surface area (Å²) >= 11 is 0. The SMILES string of the molecule is CN=C(NCCOCCC(C)C)NCC(=O)N1CCc2ccccc21. The van der Waals surface area contributed by atoms with Gasteiger partial charge in [0.15, 0.2) is 5.96 Å². The molecule has 0 saturated carbocycles. The molecule has 0 atom stereocenters. The van der Waals surface area contributed by atoms with Crippen LogP contribution in [0.5, 0.6) is 0 Å². The second kappa shape index (κ2) is 10.0. The van der Waals surface area contributed by atoms with Crippen LogP contribution in [0.2, 0.25) is 0 Å². The number of hydrogen-bond donors (Lipinski definition) is 2. The number of aliphatic imine (C=N–C) groups is 1. The fourth-order valence-corrected chi connectivity index (χ4v) is 2.74. The molecule has 1 aromatic rings. The largest absolute Gasteiger partial charge is 0.380 e. The molecule has 1 heterocycles. The van der Waals surface area contributed by atoms with Crippen LogP contribution in [0.25, 0.3) is 0 Å². The fourth-order valence-electron chi connectivity index (χ4n) is 2.74. The van der Waals surface area contributed by atoms with Gasteiger partial charge in [0.2, 0.25) is 5.91 Å². The van der Waals surface area contributed by atoms with Crippen LogP contribution in [0.15, 0.2) is 29.3 Å². The number of rotatable bonds is 8. The molecule has 0 radical (unpaired) electrons. The number of nitrogens with zero attached hydrogens (tertiary/aromatic N) is 2. The maximum absolute atomic E-state index is 12.5. The van der Waals surface area contributed by atoms with E-state index >= 15 is 0 Å². The molecule has 138 valence electrons. The quantitative estimate of drug-likeness (QED) is 0.428. The number of hydrogen-bond acceptors (Lipinski definition) is 3. The van der Waals surface area contributed by atoms with Gasteiger partial charge < -0.3 is 20.3 Å². The molecule has 0 aromatic heterocycles. The second-order valence-electron chi connectivity index (χ2n) is 6.57. The van der Waals surface area contributed by atoms with Gasteiger partial charge in [-0.2, -0.15) is 0 Å². The van der Waals surface area contributed by atoms with Crippen molar-refractivity contribution < 1.29 is 9.53 Å². The molecule has 25 heavy (non-hydrogen) atoms. The summed E-state index contributed by atoms with van der Waals surface area (Å²) in [6.45, 7) is 7.40. The van der Waals surface area contributed by atoms with Gasteiger partial charge in [0.25, 0.3) is 0 Å². The molecule has 2 rings (SSSR count). The lowest BCUT2D eigenvalue weighted by Gasteiger charge is -2.18. The van der Waals surface area contributed by atoms with Crippen molar-refractivity contribution in [2.24, 2.45) is 10.9 Å². The topological polar surface area (TPSA) is 66.0 Å². The third-order valence-electron chi connectivity index (χ3n) is 4.20. The van der Waals surface area contributed by atoms with Crippen LogP contribution >= 0.6 is 0 Å². The van der Waals surface area contributed by atoms with E-state index in [0.29, 0.717) is 25.0 Å². The number of guanidine groups is 1. The highest BCUT2D eigenvalue weighted by molar-refractivity contribution is 5.98. The van der Waals surface area contributed by atoms with Crippen LogP contribution in [0.3, 0.4) is 0 Å². The lowest BCUT2D eigenvalue weighted by molar-refractivity contribution is -0.117. The van der Waals surface area contributed by atoms with Crippen molar-refractivity contribution in [3.8, 4) is 0 Å². The predicted molar refractivity (Wildman–Crippen MR) is 102 cm³/mol. The Kier molecular flexibility index (Phi) is 7.73. The first-order valence-corrected chi connectivity index (χ1v) is 9.02. The lowest BCUT2D eigenvalue weighted by Crippen LogP contribution is -2.45. The molecule has 2 N–H and O–H groups in total. The number of amides is 1. The lowest BCUT2D eigenvalue weighted by atomic mass is 10.1. The number of nitrogens with one attached hydrogen (secondary N) is 2. The zero-order valence-electron chi connectivity index (χ0n) is 15.5. The Labute approximate surface area is 150 Å². The molecular weight excluding hydrogens is 316 g/mol. The number of fused-ring (bicyclic) bond motifs is 1. The summed E-state index contributed by atoms with van der Waals surface area (Å²) in [5, 5.41) is 6.24. The van der Waals surface area contributed by atoms with Gasteiger partial charge in [0, 0.05) is 32.4 Å². The summed E-state index contributed by atoms with van der Waals surface area (Å²) in [6, 6.07) is 8.06. The predicted octanol–water partition coefficient (Wildman–Crippen LogP) is 1.80. The molecule has 0 aliphatic carbocycles. The van der Waals surface area contributed by atoms with Gasteiger partial charge in [0.1, 0.15) is 0 Å². The molecule has 1 aromatic carbocycles. The molecule has 0 unspecified atom stereocenters. The highest BCUT2D eigenvalue weighted by Gasteiger charge is 2.23. The molecule has 1 aliphatic rings. The van der Waals surface area contributed by atoms with Gasteiger partial charge in [-0.3, -0.25) is 9.79 Å². The first-order chi connectivity index (χ1) is 12.1. The Morgan fingerprint density at radius 3 is 2.84 bits per heavy atom. The summed E-state index contributed by atoms with van der Waals surface area (Å²) in [5.41, 5.74) is 2.26. The van der Waals surface area contributed by atoms with Crippen LogP contribution < -0.4 is 15.5 Å². The molecule has 1 aliphatic heterocycles. The third-order valence-corrected chi connectivity index (χ3v) is 4.20. The molecule has 0 bridgehead atoms. The minimum atomic E-state index is 0.0566. The second-order valence-corrected chi connectivity index (χ2v) is 6.57. The van der Waals surface area contributed by atoms with Crippen molar-refractivity contribution >= 4 is 17.6 Å². The van der Waals surface area contributed by atoms with Crippen molar-refractivity contribution in [1.29, 1.82) is 0 Å². The number of carbonyl (C=O) groups excluding carboxylic acids is 1. The number of carbonyl (C=O) groups is 1. The van der Waals surface area contributed by atoms with E-state index < -0.39 is 0 Å². The van der Waals surface area contributed by atoms with Crippen LogP contribution in [0.4, 0.5) is 5.69 Å². The summed E-state index contributed by atoms with van der Waals surface area (Å²) in [5.74, 6) is 1.33. The summed E-state index contributed by atoms with van der Waals surface area (Å²) < 4.78 is 5.56. The molecule has 0 spiro atoms. The van der Waals surface area contributed by atoms with E-state index in [1.807, 2.05) is 23.1 Å². The average Bonchev–Trinajstić information content (AvgIpc) is 3.04. The standard InChI is InChI=1S/C19H30N4O2/c1-15(2)9-12-25-13-10-21-19(20-3)22-14-18(24)23-11-8-16-6-4-5-7-17(16)23/h4-7,15H,8-14H2,1-3H3,(H2,20,21,22). The summed E-state index contributed by atoms with van der Waals surface area (Å²) in [4.78, 5) is 18.4. The van der Waals surface area contributed by atoms with Crippen molar-refractivity contribution in [3.63, 3.8) is 0 Å². The van der Waals surface area contributed by atoms with E-state index in [1.165, 1.54) is 5.56 Å². The average molecular weight is 346 g/mol. The number of benzene rings is 1. The highest BCUT2D eigenvalue weighted by atomic mass is 16.5. The van der Waals surface area contributed by atoms with E-state index in [2.05, 4.69) is 35.5 Å². The van der Waals surface area contributed by atoms with Crippen molar-refractivity contribution in [3.05, 3.63) is 29.8 Å². The minimum Gasteiger partial charge on any atom is -0.380 e. The van der Waals surface area contributed by atoms with Gasteiger partial charge in [-0.15, -0.1) is 0 Å². The van der Waals surface area contributed by atoms with E-state index in [4.69, 9.17) is 4.74 Å². The Morgan fingerprint density at radius 2 is 2.08 bits per heavy atom. The zero-order valence-corrected chi connectivity index (χ0v) is 15.5. The normalized spacial score (nSPS) is 13.9. The van der Waals surface area contributed by atoms with Gasteiger partial charge in [-0.25, -0.2) is 0 Å². The number of anilines is 1. The van der Waals surface area contributed by atoms with Crippen molar-refractivity contribution in [2.45, 2.75) is 26.7 Å². The van der Waals surface area contributed by atoms with Gasteiger partial charge in [0.05, 0.1) is 13.2 Å². The van der Waals surface area contributed by atoms with Crippen LogP contribution in [-0.4, -0.2) is 51.8 Å². The van der Waals surface area contributed by atoms with Crippen LogP contribution in [0, 0.1) is 5.92 Å². The van der Waals surface area contributed by atoms with Crippen molar-refractivity contribution in [2.75, 3.05) is 44.8 Å². The Hall–Kier alpha value is -2.08. The van der Waals surface area contributed by atoms with Gasteiger partial charge in [-0.05, 0) is 30.4 Å². The Bertz CT molecular complexity index is 587. The molecular formula is C19H30N4O2. The molecule has 0 saturated heterocycles. The van der Waals surface area contributed by atoms with Crippen LogP contribution in [0.1, 0.15) is 25.8 Å². The highest BCUT2D eigenvalue weighted by Crippen LogP contribution is 2.27. The van der Waals surface area contributed by atoms with Gasteiger partial charge >= 0.3 is 0 Å². The summed E-state index contributed by atoms with van der Waals surface area (Å²) in [7, 11) is 1.70. The maximum atomic E-state index is 12.5. The minimum absolute atomic E-state index is 0.0566. The Morgan fingerprint density at radius 1 is 1.28 bits per heavy atom. The Balaban J connectivity index is 1.68. The fraction of sp³-hybridized carbons (Fsp3) is 0.579. The van der Waals surface area contributed by atoms with E-state index in [0.717, 1.165) is 31.7 Å². The molecule has 0 fully saturated rings. The first-order valence-electron chi connectivity index (χ1n) is 9.02. The zero-order chi connectivity index (χ0) is 18.1.